The van der Waals surface area contributed by atoms with Gasteiger partial charge in [-0.05, 0) is 37.6 Å². The van der Waals surface area contributed by atoms with Crippen LogP contribution in [0.5, 0.6) is 5.75 Å². The Bertz CT molecular complexity index is 1000. The molecule has 0 bridgehead atoms. The van der Waals surface area contributed by atoms with Crippen molar-refractivity contribution in [3.8, 4) is 17.1 Å². The summed E-state index contributed by atoms with van der Waals surface area (Å²) >= 11 is 1.34. The highest BCUT2D eigenvalue weighted by atomic mass is 32.2. The Balaban J connectivity index is 1.78. The molecule has 0 saturated heterocycles. The molecule has 0 aliphatic rings. The second-order valence-corrected chi connectivity index (χ2v) is 7.23. The lowest BCUT2D eigenvalue weighted by molar-refractivity contribution is -0.113. The molecule has 0 aliphatic heterocycles. The summed E-state index contributed by atoms with van der Waals surface area (Å²) in [6.45, 7) is 8.84. The minimum absolute atomic E-state index is 0.0891. The number of carbonyl (C=O) groups excluding carboxylic acids is 1. The number of hydrogen-bond donors (Lipinski definition) is 1. The van der Waals surface area contributed by atoms with Crippen LogP contribution in [0, 0.1) is 6.92 Å². The highest BCUT2D eigenvalue weighted by Gasteiger charge is 2.18. The molecule has 0 aliphatic carbocycles. The molecule has 1 heterocycles. The van der Waals surface area contributed by atoms with Crippen LogP contribution in [0.1, 0.15) is 12.5 Å². The summed E-state index contributed by atoms with van der Waals surface area (Å²) in [5, 5.41) is 12.3. The lowest BCUT2D eigenvalue weighted by Crippen LogP contribution is -2.15. The summed E-state index contributed by atoms with van der Waals surface area (Å²) in [4.78, 5) is 12.4. The fraction of sp³-hybridized carbons (Fsp3) is 0.227. The van der Waals surface area contributed by atoms with Crippen LogP contribution in [0.3, 0.4) is 0 Å². The maximum Gasteiger partial charge on any atom is 0.234 e. The predicted octanol–water partition coefficient (Wildman–Crippen LogP) is 4.57. The van der Waals surface area contributed by atoms with Crippen LogP contribution in [0.2, 0.25) is 0 Å². The van der Waals surface area contributed by atoms with Gasteiger partial charge in [0.15, 0.2) is 11.0 Å². The van der Waals surface area contributed by atoms with Gasteiger partial charge in [0, 0.05) is 12.2 Å². The van der Waals surface area contributed by atoms with Crippen LogP contribution in [-0.2, 0) is 11.3 Å². The highest BCUT2D eigenvalue weighted by molar-refractivity contribution is 7.99. The van der Waals surface area contributed by atoms with E-state index in [1.54, 1.807) is 6.08 Å². The van der Waals surface area contributed by atoms with Crippen LogP contribution in [0.25, 0.3) is 11.4 Å². The maximum atomic E-state index is 12.4. The SMILES string of the molecule is C=CCn1c(SCC(=O)Nc2ccccc2C)nnc1-c1ccccc1OCC. The number of benzene rings is 2. The minimum Gasteiger partial charge on any atom is -0.493 e. The van der Waals surface area contributed by atoms with E-state index in [1.807, 2.05) is 66.9 Å². The van der Waals surface area contributed by atoms with Crippen molar-refractivity contribution in [3.05, 3.63) is 66.7 Å². The van der Waals surface area contributed by atoms with E-state index in [1.165, 1.54) is 11.8 Å². The molecule has 3 rings (SSSR count). The van der Waals surface area contributed by atoms with Crippen LogP contribution in [0.15, 0.2) is 66.3 Å². The van der Waals surface area contributed by atoms with Gasteiger partial charge in [-0.1, -0.05) is 48.2 Å². The minimum atomic E-state index is -0.0891. The van der Waals surface area contributed by atoms with Gasteiger partial charge >= 0.3 is 0 Å². The highest BCUT2D eigenvalue weighted by Crippen LogP contribution is 2.31. The van der Waals surface area contributed by atoms with Crippen molar-refractivity contribution in [2.45, 2.75) is 25.5 Å². The summed E-state index contributed by atoms with van der Waals surface area (Å²) in [5.41, 5.74) is 2.70. The number of aromatic nitrogens is 3. The summed E-state index contributed by atoms with van der Waals surface area (Å²) in [7, 11) is 0. The summed E-state index contributed by atoms with van der Waals surface area (Å²) in [5.74, 6) is 1.59. The Kier molecular flexibility index (Phi) is 7.08. The summed E-state index contributed by atoms with van der Waals surface area (Å²) in [6.07, 6.45) is 1.79. The van der Waals surface area contributed by atoms with Crippen molar-refractivity contribution in [1.82, 2.24) is 14.8 Å². The molecule has 0 unspecified atom stereocenters. The van der Waals surface area contributed by atoms with Crippen LogP contribution < -0.4 is 10.1 Å². The molecular weight excluding hydrogens is 384 g/mol. The van der Waals surface area contributed by atoms with Crippen LogP contribution in [-0.4, -0.2) is 33.0 Å². The van der Waals surface area contributed by atoms with E-state index in [2.05, 4.69) is 22.1 Å². The van der Waals surface area contributed by atoms with Crippen molar-refractivity contribution in [2.24, 2.45) is 0 Å². The third-order valence-electron chi connectivity index (χ3n) is 4.21. The third-order valence-corrected chi connectivity index (χ3v) is 5.17. The number of nitrogens with zero attached hydrogens (tertiary/aromatic N) is 3. The standard InChI is InChI=1S/C22H24N4O2S/c1-4-14-26-21(17-11-7-9-13-19(17)28-5-2)24-25-22(26)29-15-20(27)23-18-12-8-6-10-16(18)3/h4,6-13H,1,5,14-15H2,2-3H3,(H,23,27). The Morgan fingerprint density at radius 3 is 2.72 bits per heavy atom. The number of nitrogens with one attached hydrogen (secondary N) is 1. The molecule has 29 heavy (non-hydrogen) atoms. The molecule has 0 atom stereocenters. The molecule has 1 aromatic heterocycles. The second-order valence-electron chi connectivity index (χ2n) is 6.29. The largest absolute Gasteiger partial charge is 0.493 e. The van der Waals surface area contributed by atoms with Gasteiger partial charge in [0.05, 0.1) is 17.9 Å². The van der Waals surface area contributed by atoms with E-state index in [9.17, 15) is 4.79 Å². The molecule has 150 valence electrons. The van der Waals surface area contributed by atoms with Gasteiger partial charge in [0.25, 0.3) is 0 Å². The first-order valence-corrected chi connectivity index (χ1v) is 10.4. The van der Waals surface area contributed by atoms with E-state index < -0.39 is 0 Å². The maximum absolute atomic E-state index is 12.4. The number of aryl methyl sites for hydroxylation is 1. The van der Waals surface area contributed by atoms with Crippen molar-refractivity contribution < 1.29 is 9.53 Å². The topological polar surface area (TPSA) is 69.0 Å². The Morgan fingerprint density at radius 1 is 1.21 bits per heavy atom. The quantitative estimate of drug-likeness (QED) is 0.415. The molecule has 1 amide bonds. The monoisotopic (exact) mass is 408 g/mol. The van der Waals surface area contributed by atoms with Crippen molar-refractivity contribution >= 4 is 23.4 Å². The zero-order chi connectivity index (χ0) is 20.6. The van der Waals surface area contributed by atoms with E-state index >= 15 is 0 Å². The lowest BCUT2D eigenvalue weighted by atomic mass is 10.2. The Hall–Kier alpha value is -3.06. The molecule has 0 spiro atoms. The first-order valence-electron chi connectivity index (χ1n) is 9.38. The summed E-state index contributed by atoms with van der Waals surface area (Å²) < 4.78 is 7.67. The fourth-order valence-electron chi connectivity index (χ4n) is 2.85. The molecule has 0 saturated carbocycles. The fourth-order valence-corrected chi connectivity index (χ4v) is 3.60. The zero-order valence-electron chi connectivity index (χ0n) is 16.6. The first kappa shape index (κ1) is 20.7. The molecule has 2 aromatic carbocycles. The number of hydrogen-bond acceptors (Lipinski definition) is 5. The number of allylic oxidation sites excluding steroid dienone is 1. The number of amides is 1. The Labute approximate surface area is 175 Å². The van der Waals surface area contributed by atoms with Crippen molar-refractivity contribution in [2.75, 3.05) is 17.7 Å². The number of rotatable bonds is 9. The second kappa shape index (κ2) is 9.93. The number of anilines is 1. The number of para-hydroxylation sites is 2. The Morgan fingerprint density at radius 2 is 1.97 bits per heavy atom. The molecule has 1 N–H and O–H groups in total. The van der Waals surface area contributed by atoms with Crippen molar-refractivity contribution in [3.63, 3.8) is 0 Å². The smallest absolute Gasteiger partial charge is 0.234 e. The molecular formula is C22H24N4O2S. The third kappa shape index (κ3) is 5.06. The number of ether oxygens (including phenoxy) is 1. The van der Waals surface area contributed by atoms with Crippen LogP contribution >= 0.6 is 11.8 Å². The molecule has 3 aromatic rings. The van der Waals surface area contributed by atoms with Crippen molar-refractivity contribution in [1.29, 1.82) is 0 Å². The zero-order valence-corrected chi connectivity index (χ0v) is 17.4. The van der Waals surface area contributed by atoms with Gasteiger partial charge in [0.1, 0.15) is 5.75 Å². The van der Waals surface area contributed by atoms with Gasteiger partial charge in [0.2, 0.25) is 5.91 Å². The number of carbonyl (C=O) groups is 1. The average Bonchev–Trinajstić information content (AvgIpc) is 3.12. The van der Waals surface area contributed by atoms with Gasteiger partial charge in [-0.3, -0.25) is 9.36 Å². The lowest BCUT2D eigenvalue weighted by Gasteiger charge is -2.12. The molecule has 0 radical (unpaired) electrons. The van der Waals surface area contributed by atoms with Gasteiger partial charge in [-0.2, -0.15) is 0 Å². The molecule has 6 nitrogen and oxygen atoms in total. The summed E-state index contributed by atoms with van der Waals surface area (Å²) in [6, 6.07) is 15.4. The molecule has 0 fully saturated rings. The normalized spacial score (nSPS) is 10.6. The molecule has 7 heteroatoms. The first-order chi connectivity index (χ1) is 14.1. The van der Waals surface area contributed by atoms with Crippen LogP contribution in [0.4, 0.5) is 5.69 Å². The van der Waals surface area contributed by atoms with Gasteiger partial charge < -0.3 is 10.1 Å². The predicted molar refractivity (Wildman–Crippen MR) is 117 cm³/mol. The van der Waals surface area contributed by atoms with Gasteiger partial charge in [-0.15, -0.1) is 16.8 Å². The van der Waals surface area contributed by atoms with E-state index in [0.29, 0.717) is 24.1 Å². The van der Waals surface area contributed by atoms with Gasteiger partial charge in [-0.25, -0.2) is 0 Å². The van der Waals surface area contributed by atoms with E-state index in [4.69, 9.17) is 4.74 Å². The average molecular weight is 409 g/mol. The van der Waals surface area contributed by atoms with E-state index in [0.717, 1.165) is 22.6 Å². The number of thioether (sulfide) groups is 1. The van der Waals surface area contributed by atoms with E-state index in [-0.39, 0.29) is 11.7 Å².